The molecule has 0 radical (unpaired) electrons. The first kappa shape index (κ1) is 12.5. The highest BCUT2D eigenvalue weighted by Gasteiger charge is 1.93. The molecule has 6 heteroatoms. The molecule has 1 aromatic carbocycles. The van der Waals surface area contributed by atoms with Crippen LogP contribution in [0.25, 0.3) is 0 Å². The molecule has 84 valence electrons. The van der Waals surface area contributed by atoms with Crippen molar-refractivity contribution in [1.29, 1.82) is 0 Å². The molecular weight excluding hydrogens is 242 g/mol. The number of hydrogen-bond acceptors (Lipinski definition) is 3. The summed E-state index contributed by atoms with van der Waals surface area (Å²) in [6.45, 7) is 0. The third-order valence-electron chi connectivity index (χ3n) is 1.68. The number of nitrogens with two attached hydrogens (primary N) is 1. The van der Waals surface area contributed by atoms with Gasteiger partial charge in [0.2, 0.25) is 0 Å². The van der Waals surface area contributed by atoms with Crippen molar-refractivity contribution in [2.75, 3.05) is 7.11 Å². The minimum absolute atomic E-state index is 0.108. The number of thiocarbonyl (C=S) groups is 2. The van der Waals surface area contributed by atoms with Crippen LogP contribution in [0.4, 0.5) is 0 Å². The number of nitrogens with one attached hydrogen (secondary N) is 1. The van der Waals surface area contributed by atoms with Crippen molar-refractivity contribution >= 4 is 40.9 Å². The standard InChI is InChI=1S/C10H11N3OS2/c1-14-8-4-2-7(3-5-8)6-12-10(16)13-9(11)15/h2-6H,1H3,(H3,11,13,15,16). The minimum atomic E-state index is 0.108. The molecule has 0 aliphatic rings. The Kier molecular flexibility index (Phi) is 4.81. The smallest absolute Gasteiger partial charge is 0.198 e. The zero-order valence-corrected chi connectivity index (χ0v) is 10.3. The highest BCUT2D eigenvalue weighted by molar-refractivity contribution is 7.81. The lowest BCUT2D eigenvalue weighted by Gasteiger charge is -2.00. The monoisotopic (exact) mass is 253 g/mol. The molecule has 0 atom stereocenters. The molecule has 0 bridgehead atoms. The van der Waals surface area contributed by atoms with Crippen LogP contribution in [0.15, 0.2) is 29.3 Å². The van der Waals surface area contributed by atoms with E-state index in [4.69, 9.17) is 22.7 Å². The van der Waals surface area contributed by atoms with Crippen LogP contribution >= 0.6 is 24.4 Å². The van der Waals surface area contributed by atoms with Gasteiger partial charge in [0.05, 0.1) is 7.11 Å². The van der Waals surface area contributed by atoms with Crippen molar-refractivity contribution in [3.63, 3.8) is 0 Å². The van der Waals surface area contributed by atoms with E-state index < -0.39 is 0 Å². The van der Waals surface area contributed by atoms with Gasteiger partial charge >= 0.3 is 0 Å². The lowest BCUT2D eigenvalue weighted by molar-refractivity contribution is 0.415. The quantitative estimate of drug-likeness (QED) is 0.613. The molecule has 1 aromatic rings. The fourth-order valence-electron chi connectivity index (χ4n) is 0.961. The summed E-state index contributed by atoms with van der Waals surface area (Å²) in [4.78, 5) is 3.98. The summed E-state index contributed by atoms with van der Waals surface area (Å²) >= 11 is 9.50. The second kappa shape index (κ2) is 6.14. The zero-order valence-electron chi connectivity index (χ0n) is 8.64. The van der Waals surface area contributed by atoms with Crippen LogP contribution < -0.4 is 15.8 Å². The maximum Gasteiger partial charge on any atom is 0.198 e. The Hall–Kier alpha value is -1.53. The summed E-state index contributed by atoms with van der Waals surface area (Å²) < 4.78 is 5.03. The third-order valence-corrected chi connectivity index (χ3v) is 1.99. The van der Waals surface area contributed by atoms with Gasteiger partial charge in [-0.15, -0.1) is 0 Å². The van der Waals surface area contributed by atoms with Gasteiger partial charge in [-0.05, 0) is 54.3 Å². The molecule has 0 aliphatic heterocycles. The SMILES string of the molecule is COc1ccc(C=NC(=S)NC(N)=S)cc1. The van der Waals surface area contributed by atoms with Crippen LogP contribution in [0, 0.1) is 0 Å². The van der Waals surface area contributed by atoms with Crippen LogP contribution in [0.2, 0.25) is 0 Å². The molecule has 16 heavy (non-hydrogen) atoms. The Labute approximate surface area is 105 Å². The zero-order chi connectivity index (χ0) is 12.0. The van der Waals surface area contributed by atoms with E-state index in [1.54, 1.807) is 13.3 Å². The van der Waals surface area contributed by atoms with E-state index in [0.29, 0.717) is 0 Å². The van der Waals surface area contributed by atoms with Crippen LogP contribution in [-0.4, -0.2) is 23.5 Å². The molecule has 1 rings (SSSR count). The lowest BCUT2D eigenvalue weighted by atomic mass is 10.2. The van der Waals surface area contributed by atoms with Crippen LogP contribution in [-0.2, 0) is 0 Å². The van der Waals surface area contributed by atoms with E-state index in [-0.39, 0.29) is 10.2 Å². The second-order valence-electron chi connectivity index (χ2n) is 2.83. The van der Waals surface area contributed by atoms with E-state index in [9.17, 15) is 0 Å². The average molecular weight is 253 g/mol. The molecule has 0 amide bonds. The number of benzene rings is 1. The highest BCUT2D eigenvalue weighted by atomic mass is 32.1. The Balaban J connectivity index is 2.62. The number of hydrogen-bond donors (Lipinski definition) is 2. The Morgan fingerprint density at radius 3 is 2.50 bits per heavy atom. The summed E-state index contributed by atoms with van der Waals surface area (Å²) in [5.74, 6) is 0.793. The van der Waals surface area contributed by atoms with Gasteiger partial charge in [-0.3, -0.25) is 0 Å². The van der Waals surface area contributed by atoms with Crippen molar-refractivity contribution in [3.05, 3.63) is 29.8 Å². The average Bonchev–Trinajstić information content (AvgIpc) is 2.26. The van der Waals surface area contributed by atoms with Crippen molar-refractivity contribution in [1.82, 2.24) is 5.32 Å². The Morgan fingerprint density at radius 2 is 2.00 bits per heavy atom. The molecule has 3 N–H and O–H groups in total. The molecule has 0 spiro atoms. The van der Waals surface area contributed by atoms with Crippen molar-refractivity contribution < 1.29 is 4.74 Å². The summed E-state index contributed by atoms with van der Waals surface area (Å²) in [6, 6.07) is 7.41. The first-order valence-electron chi connectivity index (χ1n) is 4.40. The fourth-order valence-corrected chi connectivity index (χ4v) is 1.28. The fraction of sp³-hybridized carbons (Fsp3) is 0.100. The highest BCUT2D eigenvalue weighted by Crippen LogP contribution is 2.09. The number of nitrogens with zero attached hydrogens (tertiary/aromatic N) is 1. The topological polar surface area (TPSA) is 59.6 Å². The predicted octanol–water partition coefficient (Wildman–Crippen LogP) is 1.23. The molecule has 0 fully saturated rings. The summed E-state index contributed by atoms with van der Waals surface area (Å²) in [7, 11) is 1.62. The van der Waals surface area contributed by atoms with E-state index in [1.807, 2.05) is 24.3 Å². The van der Waals surface area contributed by atoms with E-state index >= 15 is 0 Å². The first-order chi connectivity index (χ1) is 7.61. The minimum Gasteiger partial charge on any atom is -0.497 e. The second-order valence-corrected chi connectivity index (χ2v) is 3.65. The molecule has 0 aromatic heterocycles. The normalized spacial score (nSPS) is 10.1. The van der Waals surface area contributed by atoms with Gasteiger partial charge in [-0.25, -0.2) is 4.99 Å². The number of ether oxygens (including phenoxy) is 1. The van der Waals surface area contributed by atoms with Gasteiger partial charge in [0, 0.05) is 6.21 Å². The number of aliphatic imine (C=N–C) groups is 1. The molecule has 0 aliphatic carbocycles. The van der Waals surface area contributed by atoms with Crippen molar-refractivity contribution in [2.24, 2.45) is 10.7 Å². The van der Waals surface area contributed by atoms with Crippen molar-refractivity contribution in [3.8, 4) is 5.75 Å². The van der Waals surface area contributed by atoms with Gasteiger partial charge in [-0.1, -0.05) is 0 Å². The van der Waals surface area contributed by atoms with Gasteiger partial charge in [-0.2, -0.15) is 0 Å². The summed E-state index contributed by atoms with van der Waals surface area (Å²) in [5.41, 5.74) is 6.15. The number of methoxy groups -OCH3 is 1. The maximum absolute atomic E-state index is 5.24. The van der Waals surface area contributed by atoms with Crippen LogP contribution in [0.3, 0.4) is 0 Å². The Bertz CT molecular complexity index is 415. The number of rotatable bonds is 2. The first-order valence-corrected chi connectivity index (χ1v) is 5.22. The van der Waals surface area contributed by atoms with Gasteiger partial charge in [0.1, 0.15) is 5.75 Å². The predicted molar refractivity (Wildman–Crippen MR) is 73.1 cm³/mol. The molecular formula is C10H11N3OS2. The molecule has 0 heterocycles. The van der Waals surface area contributed by atoms with Gasteiger partial charge in [0.15, 0.2) is 10.2 Å². The van der Waals surface area contributed by atoms with Gasteiger partial charge in [0.25, 0.3) is 0 Å². The van der Waals surface area contributed by atoms with Gasteiger partial charge < -0.3 is 15.8 Å². The summed E-state index contributed by atoms with van der Waals surface area (Å²) in [6.07, 6.45) is 1.62. The molecule has 0 saturated carbocycles. The third kappa shape index (κ3) is 4.33. The largest absolute Gasteiger partial charge is 0.497 e. The lowest BCUT2D eigenvalue weighted by Crippen LogP contribution is -2.32. The van der Waals surface area contributed by atoms with E-state index in [0.717, 1.165) is 11.3 Å². The molecule has 4 nitrogen and oxygen atoms in total. The van der Waals surface area contributed by atoms with Crippen LogP contribution in [0.1, 0.15) is 5.56 Å². The van der Waals surface area contributed by atoms with E-state index in [2.05, 4.69) is 22.5 Å². The maximum atomic E-state index is 5.24. The summed E-state index contributed by atoms with van der Waals surface area (Å²) in [5, 5.41) is 2.90. The molecule has 0 unspecified atom stereocenters. The Morgan fingerprint density at radius 1 is 1.38 bits per heavy atom. The van der Waals surface area contributed by atoms with E-state index in [1.165, 1.54) is 0 Å². The van der Waals surface area contributed by atoms with Crippen LogP contribution in [0.5, 0.6) is 5.75 Å². The van der Waals surface area contributed by atoms with Crippen molar-refractivity contribution in [2.45, 2.75) is 0 Å². The molecule has 0 saturated heterocycles.